The monoisotopic (exact) mass is 468 g/mol. The Bertz CT molecular complexity index is 1170. The molecule has 2 aromatic rings. The van der Waals surface area contributed by atoms with Crippen molar-refractivity contribution >= 4 is 35.5 Å². The first-order chi connectivity index (χ1) is 16.2. The Hall–Kier alpha value is -4.41. The number of hydrogen-bond donors (Lipinski definition) is 5. The fraction of sp³-hybridized carbons (Fsp3) is 0.261. The number of rotatable bonds is 6. The average Bonchev–Trinajstić information content (AvgIpc) is 2.75. The number of amides is 1. The molecule has 0 bridgehead atoms. The summed E-state index contributed by atoms with van der Waals surface area (Å²) < 4.78 is 5.61. The number of nitrogens with one attached hydrogen (secondary N) is 1. The predicted molar refractivity (Wildman–Crippen MR) is 121 cm³/mol. The van der Waals surface area contributed by atoms with Crippen molar-refractivity contribution in [3.63, 3.8) is 0 Å². The van der Waals surface area contributed by atoms with Gasteiger partial charge in [0, 0.05) is 11.1 Å². The number of carbonyl (C=O) groups is 4. The Morgan fingerprint density at radius 2 is 1.82 bits per heavy atom. The van der Waals surface area contributed by atoms with Gasteiger partial charge in [0.2, 0.25) is 0 Å². The lowest BCUT2D eigenvalue weighted by molar-refractivity contribution is -0.145. The number of guanidine groups is 1. The highest BCUT2D eigenvalue weighted by atomic mass is 16.5. The van der Waals surface area contributed by atoms with Gasteiger partial charge in [-0.15, -0.1) is 0 Å². The van der Waals surface area contributed by atoms with Crippen LogP contribution in [0.25, 0.3) is 0 Å². The molecule has 3 rings (SSSR count). The second-order valence-electron chi connectivity index (χ2n) is 7.72. The van der Waals surface area contributed by atoms with Crippen molar-refractivity contribution < 1.29 is 34.1 Å². The van der Waals surface area contributed by atoms with Crippen molar-refractivity contribution in [3.05, 3.63) is 58.7 Å². The molecule has 0 spiro atoms. The van der Waals surface area contributed by atoms with Crippen LogP contribution in [0, 0.1) is 0 Å². The van der Waals surface area contributed by atoms with Crippen molar-refractivity contribution in [2.45, 2.75) is 38.1 Å². The molecule has 0 radical (unpaired) electrons. The molecular weight excluding hydrogens is 444 g/mol. The number of ether oxygens (including phenoxy) is 1. The van der Waals surface area contributed by atoms with E-state index in [1.165, 1.54) is 12.1 Å². The topological polar surface area (TPSA) is 194 Å². The summed E-state index contributed by atoms with van der Waals surface area (Å²) in [6.07, 6.45) is 1.47. The first kappa shape index (κ1) is 24.2. The van der Waals surface area contributed by atoms with Crippen LogP contribution in [0.2, 0.25) is 0 Å². The van der Waals surface area contributed by atoms with E-state index in [4.69, 9.17) is 21.3 Å². The molecule has 1 aliphatic rings. The highest BCUT2D eigenvalue weighted by molar-refractivity contribution is 6.00. The summed E-state index contributed by atoms with van der Waals surface area (Å²) in [5.74, 6) is -4.15. The Kier molecular flexibility index (Phi) is 7.46. The number of aliphatic imine (C=N–C) groups is 1. The molecule has 11 nitrogen and oxygen atoms in total. The number of nitrogens with two attached hydrogens (primary N) is 2. The van der Waals surface area contributed by atoms with E-state index in [1.807, 2.05) is 0 Å². The van der Waals surface area contributed by atoms with Gasteiger partial charge in [0.25, 0.3) is 5.91 Å². The van der Waals surface area contributed by atoms with E-state index < -0.39 is 36.3 Å². The first-order valence-electron chi connectivity index (χ1n) is 10.5. The van der Waals surface area contributed by atoms with Gasteiger partial charge in [0.1, 0.15) is 11.8 Å². The lowest BCUT2D eigenvalue weighted by Crippen LogP contribution is -2.42. The highest BCUT2D eigenvalue weighted by Gasteiger charge is 2.26. The quantitative estimate of drug-likeness (QED) is 0.180. The Morgan fingerprint density at radius 3 is 2.50 bits per heavy atom. The van der Waals surface area contributed by atoms with Crippen molar-refractivity contribution in [2.24, 2.45) is 16.5 Å². The van der Waals surface area contributed by atoms with Crippen LogP contribution in [-0.4, -0.2) is 46.0 Å². The lowest BCUT2D eigenvalue weighted by Gasteiger charge is -2.19. The normalized spacial score (nSPS) is 13.9. The fourth-order valence-electron chi connectivity index (χ4n) is 3.72. The molecule has 11 heteroatoms. The van der Waals surface area contributed by atoms with E-state index in [9.17, 15) is 24.3 Å². The van der Waals surface area contributed by atoms with Crippen LogP contribution in [0.15, 0.2) is 41.4 Å². The Morgan fingerprint density at radius 1 is 1.09 bits per heavy atom. The van der Waals surface area contributed by atoms with E-state index >= 15 is 0 Å². The number of carboxylic acids is 2. The summed E-state index contributed by atoms with van der Waals surface area (Å²) in [6.45, 7) is 0. The van der Waals surface area contributed by atoms with Gasteiger partial charge >= 0.3 is 17.9 Å². The number of nitrogens with zero attached hydrogens (tertiary/aromatic N) is 1. The first-order valence-corrected chi connectivity index (χ1v) is 10.5. The molecule has 0 saturated heterocycles. The van der Waals surface area contributed by atoms with Crippen molar-refractivity contribution in [2.75, 3.05) is 0 Å². The third-order valence-electron chi connectivity index (χ3n) is 5.25. The van der Waals surface area contributed by atoms with Crippen LogP contribution in [-0.2, 0) is 22.4 Å². The van der Waals surface area contributed by atoms with E-state index in [-0.39, 0.29) is 17.3 Å². The Labute approximate surface area is 194 Å². The van der Waals surface area contributed by atoms with E-state index in [2.05, 4.69) is 10.3 Å². The molecule has 0 saturated carbocycles. The SMILES string of the molecule is NC(N)=Nc1ccc2c(c1)CCCCc1c(cccc1C(=O)N[C@@H](CC(=O)O)C(=O)O)OC2=O. The van der Waals surface area contributed by atoms with Crippen molar-refractivity contribution in [1.82, 2.24) is 5.32 Å². The maximum absolute atomic E-state index is 12.9. The number of esters is 1. The summed E-state index contributed by atoms with van der Waals surface area (Å²) in [5, 5.41) is 20.4. The standard InChI is InChI=1S/C23H24N4O7/c24-23(25)26-13-8-9-14-12(10-13)4-1-2-5-15-16(6-3-7-18(15)34-22(14)33)20(30)27-17(21(31)32)11-19(28)29/h3,6-10,17H,1-2,4-5,11H2,(H,27,30)(H,28,29)(H,31,32)(H4,24,25,26)/t17-/m0/s1. The molecule has 34 heavy (non-hydrogen) atoms. The number of carboxylic acid groups (broad SMARTS) is 2. The van der Waals surface area contributed by atoms with Gasteiger partial charge in [-0.2, -0.15) is 0 Å². The summed E-state index contributed by atoms with van der Waals surface area (Å²) >= 11 is 0. The maximum atomic E-state index is 12.9. The maximum Gasteiger partial charge on any atom is 0.343 e. The van der Waals surface area contributed by atoms with Gasteiger partial charge < -0.3 is 31.7 Å². The molecule has 0 aromatic heterocycles. The molecule has 2 aromatic carbocycles. The summed E-state index contributed by atoms with van der Waals surface area (Å²) in [6, 6.07) is 7.80. The van der Waals surface area contributed by atoms with Gasteiger partial charge in [-0.05, 0) is 61.6 Å². The number of aryl methyl sites for hydroxylation is 1. The minimum Gasteiger partial charge on any atom is -0.481 e. The van der Waals surface area contributed by atoms with Crippen LogP contribution in [0.3, 0.4) is 0 Å². The Balaban J connectivity index is 1.93. The summed E-state index contributed by atoms with van der Waals surface area (Å²) in [4.78, 5) is 52.1. The summed E-state index contributed by atoms with van der Waals surface area (Å²) in [5.41, 5.74) is 13.0. The van der Waals surface area contributed by atoms with E-state index in [0.29, 0.717) is 42.5 Å². The molecule has 1 aliphatic heterocycles. The van der Waals surface area contributed by atoms with Crippen molar-refractivity contribution in [3.8, 4) is 5.75 Å². The van der Waals surface area contributed by atoms with E-state index in [0.717, 1.165) is 5.56 Å². The van der Waals surface area contributed by atoms with Crippen LogP contribution in [0.1, 0.15) is 51.1 Å². The van der Waals surface area contributed by atoms with Crippen molar-refractivity contribution in [1.29, 1.82) is 0 Å². The van der Waals surface area contributed by atoms with Crippen LogP contribution >= 0.6 is 0 Å². The number of aliphatic carboxylic acids is 2. The minimum atomic E-state index is -1.60. The second-order valence-corrected chi connectivity index (χ2v) is 7.72. The fourth-order valence-corrected chi connectivity index (χ4v) is 3.72. The zero-order valence-corrected chi connectivity index (χ0v) is 18.1. The van der Waals surface area contributed by atoms with E-state index in [1.54, 1.807) is 24.3 Å². The molecule has 0 unspecified atom stereocenters. The third kappa shape index (κ3) is 5.88. The van der Waals surface area contributed by atoms with Gasteiger partial charge in [-0.1, -0.05) is 6.07 Å². The number of carbonyl (C=O) groups excluding carboxylic acids is 2. The van der Waals surface area contributed by atoms with Crippen LogP contribution in [0.4, 0.5) is 5.69 Å². The molecule has 1 amide bonds. The average molecular weight is 468 g/mol. The molecule has 178 valence electrons. The predicted octanol–water partition coefficient (Wildman–Crippen LogP) is 1.35. The number of fused-ring (bicyclic) bond motifs is 2. The number of benzene rings is 2. The molecule has 0 aliphatic carbocycles. The van der Waals surface area contributed by atoms with Gasteiger partial charge in [-0.25, -0.2) is 14.6 Å². The lowest BCUT2D eigenvalue weighted by atomic mass is 9.95. The smallest absolute Gasteiger partial charge is 0.343 e. The molecular formula is C23H24N4O7. The zero-order chi connectivity index (χ0) is 24.8. The molecule has 7 N–H and O–H groups in total. The van der Waals surface area contributed by atoms with Crippen LogP contribution < -0.4 is 21.5 Å². The number of hydrogen-bond acceptors (Lipinski definition) is 6. The highest BCUT2D eigenvalue weighted by Crippen LogP contribution is 2.29. The van der Waals surface area contributed by atoms with Gasteiger partial charge in [0.15, 0.2) is 5.96 Å². The third-order valence-corrected chi connectivity index (χ3v) is 5.25. The largest absolute Gasteiger partial charge is 0.481 e. The summed E-state index contributed by atoms with van der Waals surface area (Å²) in [7, 11) is 0. The zero-order valence-electron chi connectivity index (χ0n) is 18.1. The second kappa shape index (κ2) is 10.5. The molecule has 1 heterocycles. The van der Waals surface area contributed by atoms with Gasteiger partial charge in [-0.3, -0.25) is 9.59 Å². The molecule has 0 fully saturated rings. The molecule has 1 atom stereocenters. The van der Waals surface area contributed by atoms with Crippen LogP contribution in [0.5, 0.6) is 5.75 Å². The van der Waals surface area contributed by atoms with Gasteiger partial charge in [0.05, 0.1) is 17.7 Å². The minimum absolute atomic E-state index is 0.101.